The molecule has 0 spiro atoms. The maximum absolute atomic E-state index is 14.1. The fourth-order valence-electron chi connectivity index (χ4n) is 3.25. The molecule has 1 unspecified atom stereocenters. The molecule has 122 valence electrons. The molecule has 6 nitrogen and oxygen atoms in total. The number of hydrogen-bond acceptors (Lipinski definition) is 3. The minimum Gasteiger partial charge on any atom is -0.295 e. The van der Waals surface area contributed by atoms with Crippen LogP contribution >= 0.6 is 0 Å². The van der Waals surface area contributed by atoms with Crippen LogP contribution in [-0.2, 0) is 23.1 Å². The molecule has 1 aliphatic rings. The second-order valence-corrected chi connectivity index (χ2v) is 5.82. The van der Waals surface area contributed by atoms with Gasteiger partial charge in [0.1, 0.15) is 11.9 Å². The first-order valence-corrected chi connectivity index (χ1v) is 7.67. The summed E-state index contributed by atoms with van der Waals surface area (Å²) in [5.74, 6) is -1.18. The smallest absolute Gasteiger partial charge is 0.295 e. The van der Waals surface area contributed by atoms with Gasteiger partial charge in [0.15, 0.2) is 0 Å². The Kier molecular flexibility index (Phi) is 3.79. The van der Waals surface area contributed by atoms with E-state index in [9.17, 15) is 18.8 Å². The van der Waals surface area contributed by atoms with Crippen molar-refractivity contribution >= 4 is 22.8 Å². The van der Waals surface area contributed by atoms with Gasteiger partial charge in [-0.05, 0) is 25.0 Å². The second-order valence-electron chi connectivity index (χ2n) is 5.82. The summed E-state index contributed by atoms with van der Waals surface area (Å²) >= 11 is 0. The molecule has 1 aromatic heterocycles. The molecule has 1 fully saturated rings. The number of carbonyl (C=O) groups is 2. The fourth-order valence-corrected chi connectivity index (χ4v) is 3.25. The van der Waals surface area contributed by atoms with Gasteiger partial charge in [-0.2, -0.15) is 0 Å². The van der Waals surface area contributed by atoms with E-state index >= 15 is 0 Å². The number of amides is 2. The monoisotopic (exact) mass is 319 g/mol. The lowest BCUT2D eigenvalue weighted by atomic mass is 10.0. The van der Waals surface area contributed by atoms with E-state index in [2.05, 4.69) is 5.32 Å². The summed E-state index contributed by atoms with van der Waals surface area (Å²) in [5.41, 5.74) is 1.14. The van der Waals surface area contributed by atoms with Crippen LogP contribution in [0.3, 0.4) is 0 Å². The second kappa shape index (κ2) is 5.64. The quantitative estimate of drug-likeness (QED) is 0.869. The lowest BCUT2D eigenvalue weighted by Crippen LogP contribution is -2.44. The summed E-state index contributed by atoms with van der Waals surface area (Å²) in [6.07, 6.45) is 1.70. The number of rotatable bonds is 3. The number of halogens is 1. The van der Waals surface area contributed by atoms with Gasteiger partial charge in [-0.1, -0.05) is 13.3 Å². The van der Waals surface area contributed by atoms with Gasteiger partial charge in [0.2, 0.25) is 11.8 Å². The van der Waals surface area contributed by atoms with Crippen molar-refractivity contribution in [3.63, 3.8) is 0 Å². The normalized spacial score (nSPS) is 18.5. The Morgan fingerprint density at radius 2 is 2.04 bits per heavy atom. The lowest BCUT2D eigenvalue weighted by molar-refractivity contribution is -0.135. The highest BCUT2D eigenvalue weighted by Gasteiger charge is 2.31. The van der Waals surface area contributed by atoms with Crippen molar-refractivity contribution in [2.45, 2.75) is 38.6 Å². The van der Waals surface area contributed by atoms with Gasteiger partial charge in [0.05, 0.1) is 11.0 Å². The van der Waals surface area contributed by atoms with E-state index in [1.807, 2.05) is 6.92 Å². The molecule has 0 radical (unpaired) electrons. The maximum Gasteiger partial charge on any atom is 0.329 e. The number of imide groups is 1. The topological polar surface area (TPSA) is 73.1 Å². The molecular weight excluding hydrogens is 301 g/mol. The average Bonchev–Trinajstić information content (AvgIpc) is 2.75. The zero-order valence-electron chi connectivity index (χ0n) is 13.1. The number of nitrogens with zero attached hydrogens (tertiary/aromatic N) is 2. The Hall–Kier alpha value is -2.44. The number of fused-ring (bicyclic) bond motifs is 1. The highest BCUT2D eigenvalue weighted by atomic mass is 19.1. The van der Waals surface area contributed by atoms with Crippen molar-refractivity contribution in [3.8, 4) is 0 Å². The van der Waals surface area contributed by atoms with Crippen LogP contribution in [0.15, 0.2) is 16.9 Å². The summed E-state index contributed by atoms with van der Waals surface area (Å²) < 4.78 is 16.9. The van der Waals surface area contributed by atoms with E-state index in [4.69, 9.17) is 0 Å². The van der Waals surface area contributed by atoms with E-state index in [1.54, 1.807) is 7.05 Å². The van der Waals surface area contributed by atoms with Crippen molar-refractivity contribution < 1.29 is 14.0 Å². The number of hydrogen-bond donors (Lipinski definition) is 1. The molecule has 2 heterocycles. The van der Waals surface area contributed by atoms with E-state index < -0.39 is 11.9 Å². The van der Waals surface area contributed by atoms with Crippen LogP contribution in [0.4, 0.5) is 4.39 Å². The number of imidazole rings is 1. The highest BCUT2D eigenvalue weighted by molar-refractivity contribution is 6.00. The standard InChI is InChI=1S/C16H18FN3O3/c1-3-4-9-10(17)5-6-11-14(9)19(2)16(23)20(11)12-7-8-13(21)18-15(12)22/h5-6,12H,3-4,7-8H2,1-2H3,(H,18,21,22). The molecular formula is C16H18FN3O3. The van der Waals surface area contributed by atoms with Gasteiger partial charge in [-0.15, -0.1) is 0 Å². The zero-order chi connectivity index (χ0) is 16.7. The molecule has 1 atom stereocenters. The van der Waals surface area contributed by atoms with Crippen LogP contribution in [0.2, 0.25) is 0 Å². The molecule has 2 amide bonds. The molecule has 0 bridgehead atoms. The van der Waals surface area contributed by atoms with Crippen LogP contribution < -0.4 is 11.0 Å². The molecule has 23 heavy (non-hydrogen) atoms. The van der Waals surface area contributed by atoms with E-state index in [0.29, 0.717) is 23.0 Å². The zero-order valence-corrected chi connectivity index (χ0v) is 13.1. The molecule has 1 N–H and O–H groups in total. The van der Waals surface area contributed by atoms with Crippen LogP contribution in [0, 0.1) is 5.82 Å². The summed E-state index contributed by atoms with van der Waals surface area (Å²) in [4.78, 5) is 36.0. The van der Waals surface area contributed by atoms with Gasteiger partial charge < -0.3 is 0 Å². The Morgan fingerprint density at radius 3 is 2.70 bits per heavy atom. The lowest BCUT2D eigenvalue weighted by Gasteiger charge is -2.22. The van der Waals surface area contributed by atoms with Crippen molar-refractivity contribution in [1.29, 1.82) is 0 Å². The van der Waals surface area contributed by atoms with Crippen molar-refractivity contribution in [3.05, 3.63) is 34.0 Å². The van der Waals surface area contributed by atoms with Crippen molar-refractivity contribution in [1.82, 2.24) is 14.5 Å². The molecule has 1 aliphatic heterocycles. The predicted molar refractivity (Wildman–Crippen MR) is 82.6 cm³/mol. The molecule has 1 saturated heterocycles. The Labute approximate surface area is 131 Å². The van der Waals surface area contributed by atoms with Gasteiger partial charge >= 0.3 is 5.69 Å². The summed E-state index contributed by atoms with van der Waals surface area (Å²) in [6, 6.07) is 2.10. The predicted octanol–water partition coefficient (Wildman–Crippen LogP) is 1.41. The first-order valence-electron chi connectivity index (χ1n) is 7.67. The molecule has 1 aromatic carbocycles. The van der Waals surface area contributed by atoms with E-state index in [-0.39, 0.29) is 30.3 Å². The van der Waals surface area contributed by atoms with Crippen LogP contribution in [-0.4, -0.2) is 20.9 Å². The molecule has 0 saturated carbocycles. The number of nitrogens with one attached hydrogen (secondary N) is 1. The third-order valence-corrected chi connectivity index (χ3v) is 4.31. The molecule has 2 aromatic rings. The Morgan fingerprint density at radius 1 is 1.30 bits per heavy atom. The fraction of sp³-hybridized carbons (Fsp3) is 0.438. The van der Waals surface area contributed by atoms with Crippen molar-refractivity contribution in [2.24, 2.45) is 7.05 Å². The molecule has 0 aliphatic carbocycles. The Balaban J connectivity index is 2.25. The minimum absolute atomic E-state index is 0.183. The van der Waals surface area contributed by atoms with E-state index in [1.165, 1.54) is 21.3 Å². The SMILES string of the molecule is CCCc1c(F)ccc2c1n(C)c(=O)n2C1CCC(=O)NC1=O. The van der Waals surface area contributed by atoms with Gasteiger partial charge in [-0.25, -0.2) is 9.18 Å². The third kappa shape index (κ3) is 2.36. The third-order valence-electron chi connectivity index (χ3n) is 4.31. The first-order chi connectivity index (χ1) is 11.0. The maximum atomic E-state index is 14.1. The van der Waals surface area contributed by atoms with Gasteiger partial charge in [0.25, 0.3) is 0 Å². The number of piperidine rings is 1. The first kappa shape index (κ1) is 15.5. The molecule has 7 heteroatoms. The van der Waals surface area contributed by atoms with Crippen LogP contribution in [0.5, 0.6) is 0 Å². The number of carbonyl (C=O) groups excluding carboxylic acids is 2. The van der Waals surface area contributed by atoms with E-state index in [0.717, 1.165) is 6.42 Å². The van der Waals surface area contributed by atoms with Crippen LogP contribution in [0.1, 0.15) is 37.8 Å². The number of aryl methyl sites for hydroxylation is 2. The summed E-state index contributed by atoms with van der Waals surface area (Å²) in [5, 5.41) is 2.26. The number of benzene rings is 1. The summed E-state index contributed by atoms with van der Waals surface area (Å²) in [6.45, 7) is 1.94. The van der Waals surface area contributed by atoms with Gasteiger partial charge in [0, 0.05) is 19.0 Å². The van der Waals surface area contributed by atoms with Crippen molar-refractivity contribution in [2.75, 3.05) is 0 Å². The summed E-state index contributed by atoms with van der Waals surface area (Å²) in [7, 11) is 1.58. The largest absolute Gasteiger partial charge is 0.329 e. The van der Waals surface area contributed by atoms with Gasteiger partial charge in [-0.3, -0.25) is 24.0 Å². The molecule has 3 rings (SSSR count). The highest BCUT2D eigenvalue weighted by Crippen LogP contribution is 2.27. The van der Waals surface area contributed by atoms with Crippen LogP contribution in [0.25, 0.3) is 11.0 Å². The Bertz CT molecular complexity index is 866. The number of aromatic nitrogens is 2. The average molecular weight is 319 g/mol. The minimum atomic E-state index is -0.746.